The van der Waals surface area contributed by atoms with Crippen molar-refractivity contribution in [3.05, 3.63) is 148 Å². The number of aromatic nitrogens is 1. The van der Waals surface area contributed by atoms with Crippen molar-refractivity contribution in [2.24, 2.45) is 17.3 Å². The van der Waals surface area contributed by atoms with E-state index in [-0.39, 0.29) is 47.5 Å². The molecule has 1 aromatic heterocycles. The number of aromatic hydroxyl groups is 3. The van der Waals surface area contributed by atoms with Gasteiger partial charge in [-0.1, -0.05) is 73.2 Å². The Hall–Kier alpha value is -5.81. The number of fused-ring (bicyclic) bond motifs is 2. The van der Waals surface area contributed by atoms with Crippen molar-refractivity contribution in [3.8, 4) is 28.7 Å². The summed E-state index contributed by atoms with van der Waals surface area (Å²) < 4.78 is 11.4. The highest BCUT2D eigenvalue weighted by atomic mass is 16.5. The molecule has 0 bridgehead atoms. The highest BCUT2D eigenvalue weighted by Gasteiger charge is 2.61. The van der Waals surface area contributed by atoms with Crippen molar-refractivity contribution in [3.63, 3.8) is 0 Å². The minimum atomic E-state index is -1.58. The normalized spacial score (nSPS) is 23.6. The Morgan fingerprint density at radius 2 is 1.60 bits per heavy atom. The van der Waals surface area contributed by atoms with Crippen LogP contribution < -0.4 is 19.8 Å². The van der Waals surface area contributed by atoms with E-state index in [9.17, 15) is 25.5 Å². The van der Waals surface area contributed by atoms with E-state index in [1.807, 2.05) is 36.5 Å². The van der Waals surface area contributed by atoms with E-state index in [4.69, 9.17) is 9.47 Å². The van der Waals surface area contributed by atoms with Gasteiger partial charge in [-0.05, 0) is 132 Å². The van der Waals surface area contributed by atoms with Gasteiger partial charge in [0.2, 0.25) is 0 Å². The van der Waals surface area contributed by atoms with Crippen LogP contribution >= 0.6 is 0 Å². The second kappa shape index (κ2) is 17.5. The number of rotatable bonds is 14. The maximum absolute atomic E-state index is 15.9. The Kier molecular flexibility index (Phi) is 12.1. The molecule has 0 saturated heterocycles. The predicted octanol–water partition coefficient (Wildman–Crippen LogP) is 7.48. The summed E-state index contributed by atoms with van der Waals surface area (Å²) in [5.41, 5.74) is 4.39. The highest BCUT2D eigenvalue weighted by Crippen LogP contribution is 2.56. The molecule has 5 aromatic carbocycles. The van der Waals surface area contributed by atoms with E-state index >= 15 is 4.79 Å². The van der Waals surface area contributed by atoms with Gasteiger partial charge in [-0.3, -0.25) is 4.79 Å². The lowest BCUT2D eigenvalue weighted by molar-refractivity contribution is -0.163. The minimum absolute atomic E-state index is 0.0268. The molecule has 0 radical (unpaired) electrons. The molecule has 0 spiro atoms. The van der Waals surface area contributed by atoms with Crippen LogP contribution in [-0.2, 0) is 48.9 Å². The first-order chi connectivity index (χ1) is 29.9. The van der Waals surface area contributed by atoms with Gasteiger partial charge in [-0.15, -0.1) is 0 Å². The lowest BCUT2D eigenvalue weighted by Crippen LogP contribution is -2.64. The van der Waals surface area contributed by atoms with Gasteiger partial charge in [0.05, 0.1) is 31.8 Å². The van der Waals surface area contributed by atoms with Crippen molar-refractivity contribution in [2.45, 2.75) is 82.5 Å². The van der Waals surface area contributed by atoms with E-state index in [0.717, 1.165) is 45.0 Å². The molecule has 324 valence electrons. The SMILES string of the molecule is CCc1ccc2ccccc2c1Cc1c(C[C@@]2(Cc3cc[n-]c3)CC[C@H]3C[C@H](O)[C@](Cc4ccc(O)c(OC)c4)(c4cc(O)cc(CNC)c4)C(=O)[C@H]3[C@H]2O)ccc(O)c1OC. The predicted molar refractivity (Wildman–Crippen MR) is 239 cm³/mol. The van der Waals surface area contributed by atoms with E-state index in [1.54, 1.807) is 50.7 Å². The molecule has 8 rings (SSSR count). The molecule has 2 fully saturated rings. The molecular formula is C52H57N2O8-. The second-order valence-corrected chi connectivity index (χ2v) is 17.6. The van der Waals surface area contributed by atoms with Crippen molar-refractivity contribution >= 4 is 16.6 Å². The summed E-state index contributed by atoms with van der Waals surface area (Å²) in [5.74, 6) is -0.936. The highest BCUT2D eigenvalue weighted by molar-refractivity contribution is 5.95. The molecule has 0 unspecified atom stereocenters. The summed E-state index contributed by atoms with van der Waals surface area (Å²) in [5, 5.41) is 64.0. The third kappa shape index (κ3) is 7.69. The first-order valence-corrected chi connectivity index (χ1v) is 21.6. The average Bonchev–Trinajstić information content (AvgIpc) is 3.78. The van der Waals surface area contributed by atoms with Crippen molar-refractivity contribution in [1.29, 1.82) is 0 Å². The molecule has 0 amide bonds. The molecule has 2 aliphatic rings. The zero-order valence-electron chi connectivity index (χ0n) is 35.9. The number of benzene rings is 5. The van der Waals surface area contributed by atoms with Crippen LogP contribution in [0.2, 0.25) is 0 Å². The van der Waals surface area contributed by atoms with Crippen molar-refractivity contribution in [2.75, 3.05) is 21.3 Å². The molecule has 6 atom stereocenters. The molecule has 0 aliphatic heterocycles. The largest absolute Gasteiger partial charge is 0.670 e. The summed E-state index contributed by atoms with van der Waals surface area (Å²) in [4.78, 5) is 20.3. The quantitative estimate of drug-likeness (QED) is 0.0649. The summed E-state index contributed by atoms with van der Waals surface area (Å²) >= 11 is 0. The fraction of sp³-hybridized carbons (Fsp3) is 0.365. The van der Waals surface area contributed by atoms with Gasteiger partial charge < -0.3 is 45.3 Å². The second-order valence-electron chi connectivity index (χ2n) is 17.6. The zero-order chi connectivity index (χ0) is 43.8. The number of hydrogen-bond acceptors (Lipinski definition) is 9. The number of nitrogens with one attached hydrogen (secondary N) is 1. The van der Waals surface area contributed by atoms with E-state index < -0.39 is 29.0 Å². The Labute approximate surface area is 363 Å². The van der Waals surface area contributed by atoms with Gasteiger partial charge in [-0.25, -0.2) is 0 Å². The van der Waals surface area contributed by atoms with Crippen LogP contribution in [0.4, 0.5) is 0 Å². The summed E-state index contributed by atoms with van der Waals surface area (Å²) in [6.07, 6.45) is 4.79. The smallest absolute Gasteiger partial charge is 0.164 e. The van der Waals surface area contributed by atoms with Gasteiger partial charge in [0, 0.05) is 29.9 Å². The van der Waals surface area contributed by atoms with Crippen LogP contribution in [-0.4, -0.2) is 64.8 Å². The molecule has 1 heterocycles. The lowest BCUT2D eigenvalue weighted by atomic mass is 9.49. The maximum Gasteiger partial charge on any atom is 0.164 e. The fourth-order valence-electron chi connectivity index (χ4n) is 11.0. The topological polar surface area (TPSA) is 163 Å². The van der Waals surface area contributed by atoms with Crippen LogP contribution in [0.15, 0.2) is 103 Å². The zero-order valence-corrected chi connectivity index (χ0v) is 35.9. The number of ether oxygens (including phenoxy) is 2. The number of phenols is 3. The lowest BCUT2D eigenvalue weighted by Gasteiger charge is -2.55. The Morgan fingerprint density at radius 3 is 2.34 bits per heavy atom. The number of nitrogens with zero attached hydrogens (tertiary/aromatic N) is 1. The number of carbonyl (C=O) groups is 1. The fourth-order valence-corrected chi connectivity index (χ4v) is 11.0. The molecule has 10 nitrogen and oxygen atoms in total. The summed E-state index contributed by atoms with van der Waals surface area (Å²) in [6, 6.07) is 28.1. The number of methoxy groups -OCH3 is 2. The van der Waals surface area contributed by atoms with Gasteiger partial charge in [0.15, 0.2) is 28.8 Å². The van der Waals surface area contributed by atoms with E-state index in [2.05, 4.69) is 41.5 Å². The Morgan fingerprint density at radius 1 is 0.806 bits per heavy atom. The first-order valence-electron chi connectivity index (χ1n) is 21.6. The first kappa shape index (κ1) is 42.9. The van der Waals surface area contributed by atoms with E-state index in [1.165, 1.54) is 18.7 Å². The molecule has 10 heteroatoms. The Bertz CT molecular complexity index is 2570. The third-order valence-electron chi connectivity index (χ3n) is 14.1. The van der Waals surface area contributed by atoms with Crippen LogP contribution in [0, 0.1) is 17.3 Å². The number of aliphatic hydroxyl groups excluding tert-OH is 2. The van der Waals surface area contributed by atoms with Crippen molar-refractivity contribution in [1.82, 2.24) is 10.3 Å². The van der Waals surface area contributed by atoms with Gasteiger partial charge in [0.25, 0.3) is 0 Å². The van der Waals surface area contributed by atoms with Crippen LogP contribution in [0.3, 0.4) is 0 Å². The number of Topliss-reactive ketones (excluding diaryl/α,β-unsaturated/α-hetero) is 1. The summed E-state index contributed by atoms with van der Waals surface area (Å²) in [6.45, 7) is 2.55. The van der Waals surface area contributed by atoms with Crippen molar-refractivity contribution < 1.29 is 39.8 Å². The molecule has 6 aromatic rings. The Balaban J connectivity index is 1.27. The van der Waals surface area contributed by atoms with E-state index in [0.29, 0.717) is 55.5 Å². The molecular weight excluding hydrogens is 781 g/mol. The number of aryl methyl sites for hydroxylation is 1. The molecule has 2 saturated carbocycles. The third-order valence-corrected chi connectivity index (χ3v) is 14.1. The number of aliphatic hydroxyl groups is 2. The van der Waals surface area contributed by atoms with Gasteiger partial charge in [0.1, 0.15) is 5.75 Å². The minimum Gasteiger partial charge on any atom is -0.670 e. The van der Waals surface area contributed by atoms with Crippen LogP contribution in [0.25, 0.3) is 10.8 Å². The standard InChI is InChI=1S/C52H57N2O8/c1-5-34-11-12-35-8-6-7-9-40(35)41(34)25-42-37(13-15-44(57)48(42)62-4)28-51(26-32-17-19-54-30-32)18-16-36-23-46(58)52(50(60)47(36)49(51)59,27-31-10-14-43(56)45(22-31)61-3)38-20-33(29-53-2)21-39(55)24-38/h6-15,17,19-22,24,30,36,46-47,49,53,55-59H,5,16,18,23,25-29H2,1-4H3/q-1/t36-,46-,47+,49+,51-,52-/m0/s1. The van der Waals surface area contributed by atoms with Gasteiger partial charge >= 0.3 is 0 Å². The molecule has 6 N–H and O–H groups in total. The number of hydrogen-bond donors (Lipinski definition) is 6. The summed E-state index contributed by atoms with van der Waals surface area (Å²) in [7, 11) is 4.82. The van der Waals surface area contributed by atoms with Crippen LogP contribution in [0.1, 0.15) is 70.7 Å². The average molecular weight is 838 g/mol. The monoisotopic (exact) mass is 837 g/mol. The number of carbonyl (C=O) groups excluding carboxylic acids is 1. The number of phenolic OH excluding ortho intramolecular Hbond substituents is 3. The van der Waals surface area contributed by atoms with Gasteiger partial charge in [-0.2, -0.15) is 12.4 Å². The number of ketones is 1. The molecule has 2 aliphatic carbocycles. The maximum atomic E-state index is 15.9. The van der Waals surface area contributed by atoms with Crippen LogP contribution in [0.5, 0.6) is 28.7 Å². The molecule has 62 heavy (non-hydrogen) atoms.